The van der Waals surface area contributed by atoms with E-state index in [0.29, 0.717) is 12.2 Å². The van der Waals surface area contributed by atoms with Crippen molar-refractivity contribution in [3.05, 3.63) is 0 Å². The Balaban J connectivity index is 1.67. The van der Waals surface area contributed by atoms with Gasteiger partial charge in [-0.2, -0.15) is 0 Å². The lowest BCUT2D eigenvalue weighted by Gasteiger charge is -2.36. The number of hydrogen-bond acceptors (Lipinski definition) is 4. The first kappa shape index (κ1) is 15.2. The van der Waals surface area contributed by atoms with Gasteiger partial charge < -0.3 is 19.9 Å². The van der Waals surface area contributed by atoms with Gasteiger partial charge in [-0.3, -0.25) is 0 Å². The summed E-state index contributed by atoms with van der Waals surface area (Å²) >= 11 is 0. The summed E-state index contributed by atoms with van der Waals surface area (Å²) in [5, 5.41) is 3.39. The molecule has 2 rings (SSSR count). The molecule has 0 amide bonds. The van der Waals surface area contributed by atoms with Crippen molar-refractivity contribution >= 4 is 0 Å². The van der Waals surface area contributed by atoms with Crippen LogP contribution in [0.3, 0.4) is 0 Å². The predicted molar refractivity (Wildman–Crippen MR) is 79.6 cm³/mol. The van der Waals surface area contributed by atoms with Gasteiger partial charge in [0.1, 0.15) is 0 Å². The van der Waals surface area contributed by atoms with Crippen LogP contribution in [0.15, 0.2) is 0 Å². The molecule has 0 aromatic heterocycles. The summed E-state index contributed by atoms with van der Waals surface area (Å²) in [6.45, 7) is 7.80. The second-order valence-corrected chi connectivity index (χ2v) is 6.24. The molecule has 2 saturated heterocycles. The highest BCUT2D eigenvalue weighted by Crippen LogP contribution is 2.22. The lowest BCUT2D eigenvalue weighted by atomic mass is 10.0. The maximum absolute atomic E-state index is 6.13. The lowest BCUT2D eigenvalue weighted by molar-refractivity contribution is 0.0147. The van der Waals surface area contributed by atoms with Crippen LogP contribution in [0.4, 0.5) is 0 Å². The number of likely N-dealkylation sites (N-methyl/N-ethyl adjacent to an activating group) is 2. The molecule has 2 aliphatic rings. The van der Waals surface area contributed by atoms with Crippen molar-refractivity contribution in [2.75, 3.05) is 46.8 Å². The minimum atomic E-state index is 0.441. The molecular weight excluding hydrogens is 238 g/mol. The van der Waals surface area contributed by atoms with Crippen molar-refractivity contribution in [1.29, 1.82) is 0 Å². The van der Waals surface area contributed by atoms with E-state index in [4.69, 9.17) is 4.74 Å². The first-order valence-electron chi connectivity index (χ1n) is 7.94. The van der Waals surface area contributed by atoms with E-state index in [1.807, 2.05) is 0 Å². The minimum absolute atomic E-state index is 0.441. The van der Waals surface area contributed by atoms with Gasteiger partial charge in [0.2, 0.25) is 0 Å². The zero-order valence-corrected chi connectivity index (χ0v) is 12.9. The molecule has 0 spiro atoms. The maximum Gasteiger partial charge on any atom is 0.0707 e. The standard InChI is InChI=1S/C15H31N3O/c1-4-16-11-14-5-6-15(19-14)12-18(3)13-7-9-17(2)10-8-13/h13-16H,4-12H2,1-3H3. The normalized spacial score (nSPS) is 30.3. The van der Waals surface area contributed by atoms with Crippen LogP contribution in [0, 0.1) is 0 Å². The Kier molecular flexibility index (Phi) is 6.07. The number of piperidine rings is 1. The summed E-state index contributed by atoms with van der Waals surface area (Å²) in [7, 11) is 4.50. The first-order chi connectivity index (χ1) is 9.19. The summed E-state index contributed by atoms with van der Waals surface area (Å²) < 4.78 is 6.13. The zero-order chi connectivity index (χ0) is 13.7. The van der Waals surface area contributed by atoms with E-state index in [-0.39, 0.29) is 0 Å². The summed E-state index contributed by atoms with van der Waals surface area (Å²) in [6, 6.07) is 0.757. The highest BCUT2D eigenvalue weighted by Gasteiger charge is 2.28. The van der Waals surface area contributed by atoms with Gasteiger partial charge in [0.25, 0.3) is 0 Å². The van der Waals surface area contributed by atoms with Crippen LogP contribution in [-0.2, 0) is 4.74 Å². The summed E-state index contributed by atoms with van der Waals surface area (Å²) in [5.74, 6) is 0. The molecule has 0 aliphatic carbocycles. The van der Waals surface area contributed by atoms with Crippen LogP contribution in [0.1, 0.15) is 32.6 Å². The molecule has 0 radical (unpaired) electrons. The molecule has 19 heavy (non-hydrogen) atoms. The molecule has 0 bridgehead atoms. The molecule has 0 saturated carbocycles. The zero-order valence-electron chi connectivity index (χ0n) is 12.9. The topological polar surface area (TPSA) is 27.7 Å². The quantitative estimate of drug-likeness (QED) is 0.783. The molecule has 2 unspecified atom stereocenters. The molecule has 2 aliphatic heterocycles. The Morgan fingerprint density at radius 2 is 1.84 bits per heavy atom. The molecule has 0 aromatic rings. The third-order valence-corrected chi connectivity index (χ3v) is 4.62. The maximum atomic E-state index is 6.13. The van der Waals surface area contributed by atoms with E-state index in [1.165, 1.54) is 38.8 Å². The number of rotatable bonds is 6. The molecule has 4 heteroatoms. The fraction of sp³-hybridized carbons (Fsp3) is 1.00. The highest BCUT2D eigenvalue weighted by molar-refractivity contribution is 4.82. The van der Waals surface area contributed by atoms with Crippen LogP contribution in [-0.4, -0.2) is 74.9 Å². The van der Waals surface area contributed by atoms with Crippen molar-refractivity contribution in [2.45, 2.75) is 50.9 Å². The third-order valence-electron chi connectivity index (χ3n) is 4.62. The Morgan fingerprint density at radius 1 is 1.16 bits per heavy atom. The first-order valence-corrected chi connectivity index (χ1v) is 7.94. The van der Waals surface area contributed by atoms with Gasteiger partial charge in [-0.05, 0) is 59.4 Å². The van der Waals surface area contributed by atoms with Crippen LogP contribution >= 0.6 is 0 Å². The molecule has 2 fully saturated rings. The van der Waals surface area contributed by atoms with E-state index < -0.39 is 0 Å². The van der Waals surface area contributed by atoms with Crippen molar-refractivity contribution < 1.29 is 4.74 Å². The SMILES string of the molecule is CCNCC1CCC(CN(C)C2CCN(C)CC2)O1. The number of nitrogens with zero attached hydrogens (tertiary/aromatic N) is 2. The van der Waals surface area contributed by atoms with Gasteiger partial charge in [0.05, 0.1) is 12.2 Å². The van der Waals surface area contributed by atoms with Crippen LogP contribution in [0.25, 0.3) is 0 Å². The van der Waals surface area contributed by atoms with Gasteiger partial charge in [0.15, 0.2) is 0 Å². The average Bonchev–Trinajstić information content (AvgIpc) is 2.84. The average molecular weight is 269 g/mol. The Bertz CT molecular complexity index is 254. The monoisotopic (exact) mass is 269 g/mol. The number of ether oxygens (including phenoxy) is 1. The van der Waals surface area contributed by atoms with Gasteiger partial charge in [-0.1, -0.05) is 6.92 Å². The van der Waals surface area contributed by atoms with Crippen molar-refractivity contribution in [3.8, 4) is 0 Å². The summed E-state index contributed by atoms with van der Waals surface area (Å²) in [4.78, 5) is 4.97. The van der Waals surface area contributed by atoms with Gasteiger partial charge >= 0.3 is 0 Å². The van der Waals surface area contributed by atoms with E-state index in [9.17, 15) is 0 Å². The number of hydrogen-bond donors (Lipinski definition) is 1. The molecule has 2 atom stereocenters. The Labute approximate surface area is 118 Å². The molecule has 2 heterocycles. The summed E-state index contributed by atoms with van der Waals surface area (Å²) in [6.07, 6.45) is 5.96. The number of nitrogens with one attached hydrogen (secondary N) is 1. The molecular formula is C15H31N3O. The minimum Gasteiger partial charge on any atom is -0.372 e. The van der Waals surface area contributed by atoms with E-state index in [0.717, 1.165) is 25.7 Å². The van der Waals surface area contributed by atoms with Gasteiger partial charge in [-0.25, -0.2) is 0 Å². The highest BCUT2D eigenvalue weighted by atomic mass is 16.5. The predicted octanol–water partition coefficient (Wildman–Crippen LogP) is 1.17. The third kappa shape index (κ3) is 4.71. The van der Waals surface area contributed by atoms with E-state index in [1.54, 1.807) is 0 Å². The molecule has 1 N–H and O–H groups in total. The lowest BCUT2D eigenvalue weighted by Crippen LogP contribution is -2.44. The van der Waals surface area contributed by atoms with Crippen LogP contribution < -0.4 is 5.32 Å². The van der Waals surface area contributed by atoms with Crippen molar-refractivity contribution in [3.63, 3.8) is 0 Å². The molecule has 4 nitrogen and oxygen atoms in total. The number of likely N-dealkylation sites (tertiary alicyclic amines) is 1. The van der Waals surface area contributed by atoms with Gasteiger partial charge in [0, 0.05) is 19.1 Å². The van der Waals surface area contributed by atoms with Crippen LogP contribution in [0.2, 0.25) is 0 Å². The Morgan fingerprint density at radius 3 is 2.53 bits per heavy atom. The molecule has 0 aromatic carbocycles. The Hall–Kier alpha value is -0.160. The fourth-order valence-electron chi connectivity index (χ4n) is 3.28. The van der Waals surface area contributed by atoms with Crippen LogP contribution in [0.5, 0.6) is 0 Å². The summed E-state index contributed by atoms with van der Waals surface area (Å²) in [5.41, 5.74) is 0. The second kappa shape index (κ2) is 7.58. The van der Waals surface area contributed by atoms with E-state index >= 15 is 0 Å². The van der Waals surface area contributed by atoms with Gasteiger partial charge in [-0.15, -0.1) is 0 Å². The van der Waals surface area contributed by atoms with Crippen molar-refractivity contribution in [1.82, 2.24) is 15.1 Å². The van der Waals surface area contributed by atoms with Crippen molar-refractivity contribution in [2.24, 2.45) is 0 Å². The second-order valence-electron chi connectivity index (χ2n) is 6.24. The smallest absolute Gasteiger partial charge is 0.0707 e. The van der Waals surface area contributed by atoms with E-state index in [2.05, 4.69) is 36.1 Å². The fourth-order valence-corrected chi connectivity index (χ4v) is 3.28. The largest absolute Gasteiger partial charge is 0.372 e. The molecule has 112 valence electrons.